The van der Waals surface area contributed by atoms with Crippen molar-refractivity contribution in [2.75, 3.05) is 13.2 Å². The van der Waals surface area contributed by atoms with Crippen LogP contribution in [0.25, 0.3) is 0 Å². The molecule has 0 saturated carbocycles. The number of rotatable bonds is 10. The minimum atomic E-state index is -4.20. The van der Waals surface area contributed by atoms with Gasteiger partial charge in [0, 0.05) is 0 Å². The number of hydrogen-bond acceptors (Lipinski definition) is 7. The van der Waals surface area contributed by atoms with Crippen LogP contribution in [0.3, 0.4) is 0 Å². The predicted molar refractivity (Wildman–Crippen MR) is 65.7 cm³/mol. The third-order valence-corrected chi connectivity index (χ3v) is 2.62. The van der Waals surface area contributed by atoms with Crippen molar-refractivity contribution < 1.29 is 52.7 Å². The molecule has 0 aliphatic carbocycles. The molecule has 0 rings (SSSR count). The van der Waals surface area contributed by atoms with E-state index >= 15 is 0 Å². The number of Topliss-reactive ketones (excluding diaryl/α,β-unsaturated/α-hetero) is 1. The van der Waals surface area contributed by atoms with Crippen molar-refractivity contribution in [1.29, 1.82) is 0 Å². The van der Waals surface area contributed by atoms with Crippen molar-refractivity contribution in [2.45, 2.75) is 52.6 Å². The summed E-state index contributed by atoms with van der Waals surface area (Å²) in [6.07, 6.45) is -1.12. The average molecular weight is 342 g/mol. The van der Waals surface area contributed by atoms with E-state index in [9.17, 15) is 12.9 Å². The molecule has 122 valence electrons. The zero-order chi connectivity index (χ0) is 16.6. The number of ether oxygens (including phenoxy) is 3. The fraction of sp³-hybridized carbons (Fsp3) is 0.833. The normalized spacial score (nSPS) is 11.8. The van der Waals surface area contributed by atoms with Crippen molar-refractivity contribution in [3.63, 3.8) is 0 Å². The van der Waals surface area contributed by atoms with E-state index in [-0.39, 0.29) is 6.61 Å². The Bertz CT molecular complexity index is 369. The molecular formula is C12H22O8Ti. The number of hydrogen-bond donors (Lipinski definition) is 1. The quantitative estimate of drug-likeness (QED) is 0.347. The van der Waals surface area contributed by atoms with E-state index < -0.39 is 55.0 Å². The van der Waals surface area contributed by atoms with Crippen LogP contribution in [0.4, 0.5) is 0 Å². The Labute approximate surface area is 130 Å². The van der Waals surface area contributed by atoms with Gasteiger partial charge in [-0.15, -0.1) is 0 Å². The second-order valence-electron chi connectivity index (χ2n) is 4.67. The molecule has 0 unspecified atom stereocenters. The summed E-state index contributed by atoms with van der Waals surface area (Å²) in [6, 6.07) is 0. The van der Waals surface area contributed by atoms with Gasteiger partial charge in [-0.3, -0.25) is 0 Å². The minimum absolute atomic E-state index is 0.251. The van der Waals surface area contributed by atoms with Gasteiger partial charge in [0.2, 0.25) is 0 Å². The van der Waals surface area contributed by atoms with Crippen LogP contribution in [-0.2, 0) is 49.1 Å². The molecule has 0 amide bonds. The topological polar surface area (TPSA) is 108 Å². The Morgan fingerprint density at radius 1 is 1.14 bits per heavy atom. The van der Waals surface area contributed by atoms with Crippen LogP contribution >= 0.6 is 0 Å². The molecule has 0 spiro atoms. The Kier molecular flexibility index (Phi) is 9.27. The summed E-state index contributed by atoms with van der Waals surface area (Å²) in [5.74, 6) is -4.55. The maximum atomic E-state index is 12.3. The van der Waals surface area contributed by atoms with Crippen LogP contribution in [0.1, 0.15) is 34.6 Å². The summed E-state index contributed by atoms with van der Waals surface area (Å²) < 4.78 is 39.6. The zero-order valence-corrected chi connectivity index (χ0v) is 14.4. The molecule has 0 aromatic heterocycles. The molecule has 0 heterocycles. The molecule has 0 aliphatic heterocycles. The Morgan fingerprint density at radius 3 is 1.95 bits per heavy atom. The molecule has 9 heteroatoms. The van der Waals surface area contributed by atoms with Gasteiger partial charge >= 0.3 is 130 Å². The first-order valence-corrected chi connectivity index (χ1v) is 8.54. The van der Waals surface area contributed by atoms with Crippen LogP contribution in [0.5, 0.6) is 0 Å². The van der Waals surface area contributed by atoms with Gasteiger partial charge in [-0.25, -0.2) is 0 Å². The van der Waals surface area contributed by atoms with E-state index in [1.54, 1.807) is 34.6 Å². The fourth-order valence-corrected chi connectivity index (χ4v) is 1.93. The van der Waals surface area contributed by atoms with Gasteiger partial charge in [0.05, 0.1) is 0 Å². The molecule has 0 saturated heterocycles. The summed E-state index contributed by atoms with van der Waals surface area (Å²) >= 11 is -4.20. The third kappa shape index (κ3) is 6.86. The van der Waals surface area contributed by atoms with Gasteiger partial charge < -0.3 is 0 Å². The molecule has 0 aromatic carbocycles. The predicted octanol–water partition coefficient (Wildman–Crippen LogP) is 0.467. The second-order valence-corrected chi connectivity index (χ2v) is 5.81. The molecule has 0 aliphatic rings. The first-order chi connectivity index (χ1) is 9.65. The van der Waals surface area contributed by atoms with Crippen molar-refractivity contribution >= 4 is 11.8 Å². The monoisotopic (exact) mass is 342 g/mol. The third-order valence-electron chi connectivity index (χ3n) is 2.06. The van der Waals surface area contributed by atoms with Crippen molar-refractivity contribution in [2.24, 2.45) is 0 Å². The summed E-state index contributed by atoms with van der Waals surface area (Å²) in [5, 5.41) is 0. The Hall–Kier alpha value is -0.506. The Morgan fingerprint density at radius 2 is 1.62 bits per heavy atom. The fourth-order valence-electron chi connectivity index (χ4n) is 1.47. The summed E-state index contributed by atoms with van der Waals surface area (Å²) in [7, 11) is 0. The van der Waals surface area contributed by atoms with Crippen molar-refractivity contribution in [3.8, 4) is 0 Å². The average Bonchev–Trinajstić information content (AvgIpc) is 2.32. The van der Waals surface area contributed by atoms with E-state index in [1.807, 2.05) is 0 Å². The molecular weight excluding hydrogens is 320 g/mol. The molecule has 0 bridgehead atoms. The maximum absolute atomic E-state index is 12.3. The Balaban J connectivity index is 5.54. The van der Waals surface area contributed by atoms with Crippen LogP contribution in [-0.4, -0.2) is 46.6 Å². The molecule has 0 atom stereocenters. The van der Waals surface area contributed by atoms with Crippen molar-refractivity contribution in [3.05, 3.63) is 0 Å². The summed E-state index contributed by atoms with van der Waals surface area (Å²) in [5.41, 5.74) is 0. The summed E-state index contributed by atoms with van der Waals surface area (Å²) in [4.78, 5) is 24.4. The second kappa shape index (κ2) is 9.50. The van der Waals surface area contributed by atoms with Gasteiger partial charge in [-0.2, -0.15) is 0 Å². The molecule has 8 nitrogen and oxygen atoms in total. The van der Waals surface area contributed by atoms with Crippen LogP contribution < -0.4 is 0 Å². The van der Waals surface area contributed by atoms with E-state index in [2.05, 4.69) is 3.32 Å². The van der Waals surface area contributed by atoms with Crippen LogP contribution in [0, 0.1) is 0 Å². The molecule has 0 aromatic rings. The standard InChI is InChI=1S/C12H22O6.H2O.O.Ti/c1-6-16-7-10(13)12(11(14)15,17-8(2)3)18-9(4)5;;;/h8-9H,6-7H2,1-5H3,(H,14,15);1H2;;/q;;;+2/p-2. The van der Waals surface area contributed by atoms with Gasteiger partial charge in [0.1, 0.15) is 0 Å². The van der Waals surface area contributed by atoms with Gasteiger partial charge in [-0.1, -0.05) is 0 Å². The first-order valence-electron chi connectivity index (χ1n) is 6.57. The molecule has 0 radical (unpaired) electrons. The number of carbonyl (C=O) groups excluding carboxylic acids is 2. The SMILES string of the molecule is CCOCC(=O)C(OC(C)C)(OC(C)C)C(=O)[O][Ti](=[O])[OH]. The molecule has 0 fully saturated rings. The molecule has 1 N–H and O–H groups in total. The van der Waals surface area contributed by atoms with Gasteiger partial charge in [-0.05, 0) is 0 Å². The van der Waals surface area contributed by atoms with Gasteiger partial charge in [0.25, 0.3) is 0 Å². The van der Waals surface area contributed by atoms with Crippen LogP contribution in [0.2, 0.25) is 0 Å². The summed E-state index contributed by atoms with van der Waals surface area (Å²) in [6.45, 7) is 7.85. The molecule has 21 heavy (non-hydrogen) atoms. The zero-order valence-electron chi connectivity index (χ0n) is 12.9. The van der Waals surface area contributed by atoms with Gasteiger partial charge in [0.15, 0.2) is 0 Å². The van der Waals surface area contributed by atoms with E-state index in [0.29, 0.717) is 0 Å². The van der Waals surface area contributed by atoms with E-state index in [1.165, 1.54) is 0 Å². The number of carbonyl (C=O) groups is 2. The number of ketones is 1. The van der Waals surface area contributed by atoms with E-state index in [4.69, 9.17) is 17.9 Å². The first kappa shape index (κ1) is 20.5. The van der Waals surface area contributed by atoms with Crippen LogP contribution in [0.15, 0.2) is 0 Å². The van der Waals surface area contributed by atoms with E-state index in [0.717, 1.165) is 0 Å². The van der Waals surface area contributed by atoms with Crippen molar-refractivity contribution in [1.82, 2.24) is 0 Å².